The van der Waals surface area contributed by atoms with E-state index in [2.05, 4.69) is 22.1 Å². The number of aromatic nitrogens is 3. The first-order valence-corrected chi connectivity index (χ1v) is 13.9. The third-order valence-corrected chi connectivity index (χ3v) is 8.44. The smallest absolute Gasteiger partial charge is 0.406 e. The van der Waals surface area contributed by atoms with Crippen LogP contribution >= 0.6 is 7.75 Å². The van der Waals surface area contributed by atoms with Crippen LogP contribution in [0, 0.1) is 11.3 Å². The Labute approximate surface area is 214 Å². The van der Waals surface area contributed by atoms with Gasteiger partial charge in [0, 0.05) is 0 Å². The lowest BCUT2D eigenvalue weighted by molar-refractivity contribution is -0.145. The molecule has 0 saturated carbocycles. The van der Waals surface area contributed by atoms with Crippen molar-refractivity contribution in [1.29, 1.82) is 5.26 Å². The maximum absolute atomic E-state index is 16.5. The first-order chi connectivity index (χ1) is 17.6. The van der Waals surface area contributed by atoms with Crippen LogP contribution in [0.3, 0.4) is 0 Å². The van der Waals surface area contributed by atoms with Gasteiger partial charge in [0.25, 0.3) is 0 Å². The molecule has 202 valence electrons. The van der Waals surface area contributed by atoms with Crippen molar-refractivity contribution in [3.05, 3.63) is 24.2 Å². The number of esters is 1. The summed E-state index contributed by atoms with van der Waals surface area (Å²) in [6, 6.07) is 3.90. The number of nitrogen functional groups attached to an aromatic ring is 1. The molecule has 2 fully saturated rings. The van der Waals surface area contributed by atoms with Gasteiger partial charge in [-0.25, -0.2) is 23.5 Å². The van der Waals surface area contributed by atoms with Crippen molar-refractivity contribution in [2.45, 2.75) is 82.4 Å². The molecule has 0 spiro atoms. The number of alkyl halides is 1. The van der Waals surface area contributed by atoms with Gasteiger partial charge in [0.1, 0.15) is 36.2 Å². The number of carbonyl (C=O) groups is 1. The van der Waals surface area contributed by atoms with Crippen LogP contribution in [0.4, 0.5) is 10.2 Å². The molecule has 2 aliphatic heterocycles. The summed E-state index contributed by atoms with van der Waals surface area (Å²) in [6.07, 6.45) is 3.64. The summed E-state index contributed by atoms with van der Waals surface area (Å²) < 4.78 is 53.3. The zero-order chi connectivity index (χ0) is 26.8. The topological polar surface area (TPSA) is 163 Å². The van der Waals surface area contributed by atoms with E-state index in [1.54, 1.807) is 6.07 Å². The average Bonchev–Trinajstić information content (AvgIpc) is 3.39. The molecule has 12 nitrogen and oxygen atoms in total. The lowest BCUT2D eigenvalue weighted by Crippen LogP contribution is -2.51. The van der Waals surface area contributed by atoms with Gasteiger partial charge in [0.15, 0.2) is 11.5 Å². The largest absolute Gasteiger partial charge is 0.465 e. The minimum absolute atomic E-state index is 0.0702. The fourth-order valence-corrected chi connectivity index (χ4v) is 6.43. The SMILES string of the molecule is CCCCCCCOC(=O)[C@H](C)NP1(=O)OC[C@H]2O[C@@](C#N)(c3ccc4c(N)ncnn34)[C@](C)(F)[C@@H]2O1. The fraction of sp³-hybridized carbons (Fsp3) is 0.652. The van der Waals surface area contributed by atoms with Gasteiger partial charge in [-0.05, 0) is 32.4 Å². The van der Waals surface area contributed by atoms with E-state index in [1.165, 1.54) is 23.8 Å². The van der Waals surface area contributed by atoms with Crippen molar-refractivity contribution in [3.63, 3.8) is 0 Å². The van der Waals surface area contributed by atoms with Crippen molar-refractivity contribution >= 4 is 25.1 Å². The lowest BCUT2D eigenvalue weighted by Gasteiger charge is -2.36. The molecule has 0 aliphatic carbocycles. The van der Waals surface area contributed by atoms with E-state index in [9.17, 15) is 14.6 Å². The molecule has 0 aromatic carbocycles. The number of unbranched alkanes of at least 4 members (excludes halogenated alkanes) is 4. The summed E-state index contributed by atoms with van der Waals surface area (Å²) in [5.74, 6) is -0.491. The number of rotatable bonds is 10. The molecule has 2 aromatic heterocycles. The van der Waals surface area contributed by atoms with E-state index in [4.69, 9.17) is 24.3 Å². The molecule has 3 N–H and O–H groups in total. The maximum atomic E-state index is 16.5. The molecule has 0 bridgehead atoms. The summed E-state index contributed by atoms with van der Waals surface area (Å²) in [5, 5.41) is 16.8. The number of anilines is 1. The van der Waals surface area contributed by atoms with Crippen LogP contribution in [0.2, 0.25) is 0 Å². The molecule has 0 radical (unpaired) electrons. The molecular formula is C23H32FN6O6P. The monoisotopic (exact) mass is 538 g/mol. The molecule has 37 heavy (non-hydrogen) atoms. The normalized spacial score (nSPS) is 32.1. The zero-order valence-electron chi connectivity index (χ0n) is 21.1. The van der Waals surface area contributed by atoms with Gasteiger partial charge in [-0.3, -0.25) is 13.8 Å². The van der Waals surface area contributed by atoms with Crippen molar-refractivity contribution < 1.29 is 32.3 Å². The number of nitriles is 1. The van der Waals surface area contributed by atoms with E-state index in [0.717, 1.165) is 39.0 Å². The van der Waals surface area contributed by atoms with Crippen molar-refractivity contribution in [2.75, 3.05) is 18.9 Å². The number of ether oxygens (including phenoxy) is 2. The molecule has 4 heterocycles. The number of nitrogens with one attached hydrogen (secondary N) is 1. The Hall–Kier alpha value is -2.62. The van der Waals surface area contributed by atoms with Gasteiger partial charge in [-0.15, -0.1) is 0 Å². The lowest BCUT2D eigenvalue weighted by atomic mass is 9.82. The van der Waals surface area contributed by atoms with Crippen LogP contribution in [0.25, 0.3) is 5.52 Å². The standard InChI is InChI=1S/C23H32FN6O6P/c1-4-5-6-7-8-11-33-21(31)15(2)29-37(32)34-12-17-19(36-37)22(3,24)23(13-25,35-17)18-10-9-16-20(26)27-14-28-30(16)18/h9-10,14-15,17,19H,4-8,11-12H2,1-3H3,(H,29,32)(H2,26,27,28)/t15-,17+,19+,22+,23-,37?/m0/s1. The van der Waals surface area contributed by atoms with Crippen molar-refractivity contribution in [1.82, 2.24) is 19.7 Å². The molecule has 6 atom stereocenters. The number of hydrogen-bond donors (Lipinski definition) is 2. The van der Waals surface area contributed by atoms with Crippen molar-refractivity contribution in [3.8, 4) is 6.07 Å². The van der Waals surface area contributed by atoms with E-state index >= 15 is 4.39 Å². The molecule has 4 rings (SSSR count). The molecule has 0 amide bonds. The Morgan fingerprint density at radius 3 is 2.92 bits per heavy atom. The minimum atomic E-state index is -4.16. The number of nitrogens with two attached hydrogens (primary N) is 1. The predicted octanol–water partition coefficient (Wildman–Crippen LogP) is 3.17. The van der Waals surface area contributed by atoms with Gasteiger partial charge in [0.2, 0.25) is 5.60 Å². The highest BCUT2D eigenvalue weighted by molar-refractivity contribution is 7.51. The molecule has 1 unspecified atom stereocenters. The summed E-state index contributed by atoms with van der Waals surface area (Å²) in [6.45, 7) is 4.61. The Kier molecular flexibility index (Phi) is 7.88. The van der Waals surface area contributed by atoms with Crippen LogP contribution in [0.5, 0.6) is 0 Å². The Bertz CT molecular complexity index is 1230. The van der Waals surface area contributed by atoms with Gasteiger partial charge in [-0.2, -0.15) is 10.4 Å². The van der Waals surface area contributed by atoms with Gasteiger partial charge in [0.05, 0.1) is 18.9 Å². The third-order valence-electron chi connectivity index (χ3n) is 6.75. The highest BCUT2D eigenvalue weighted by Gasteiger charge is 2.70. The number of carbonyl (C=O) groups excluding carboxylic acids is 1. The van der Waals surface area contributed by atoms with Gasteiger partial charge < -0.3 is 15.2 Å². The molecule has 14 heteroatoms. The van der Waals surface area contributed by atoms with E-state index < -0.39 is 43.2 Å². The number of halogens is 1. The first kappa shape index (κ1) is 27.4. The Balaban J connectivity index is 1.47. The van der Waals surface area contributed by atoms with Crippen LogP contribution in [0.15, 0.2) is 18.5 Å². The van der Waals surface area contributed by atoms with Crippen molar-refractivity contribution in [2.24, 2.45) is 0 Å². The zero-order valence-corrected chi connectivity index (χ0v) is 21.9. The summed E-state index contributed by atoms with van der Waals surface area (Å²) in [4.78, 5) is 16.3. The quantitative estimate of drug-likeness (QED) is 0.259. The third kappa shape index (κ3) is 4.96. The van der Waals surface area contributed by atoms with E-state index in [-0.39, 0.29) is 24.7 Å². The van der Waals surface area contributed by atoms with E-state index in [1.807, 2.05) is 6.07 Å². The second-order valence-electron chi connectivity index (χ2n) is 9.44. The van der Waals surface area contributed by atoms with Crippen LogP contribution in [0.1, 0.15) is 58.6 Å². The predicted molar refractivity (Wildman–Crippen MR) is 130 cm³/mol. The second-order valence-corrected chi connectivity index (χ2v) is 11.2. The van der Waals surface area contributed by atoms with Crippen LogP contribution < -0.4 is 10.8 Å². The van der Waals surface area contributed by atoms with Gasteiger partial charge >= 0.3 is 13.7 Å². The Morgan fingerprint density at radius 1 is 1.43 bits per heavy atom. The molecule has 2 saturated heterocycles. The van der Waals surface area contributed by atoms with Gasteiger partial charge in [-0.1, -0.05) is 32.6 Å². The minimum Gasteiger partial charge on any atom is -0.465 e. The maximum Gasteiger partial charge on any atom is 0.406 e. The Morgan fingerprint density at radius 2 is 2.19 bits per heavy atom. The first-order valence-electron chi connectivity index (χ1n) is 12.3. The second kappa shape index (κ2) is 10.6. The highest BCUT2D eigenvalue weighted by Crippen LogP contribution is 2.59. The highest BCUT2D eigenvalue weighted by atomic mass is 31.2. The fourth-order valence-electron chi connectivity index (χ4n) is 4.68. The summed E-state index contributed by atoms with van der Waals surface area (Å²) in [5.41, 5.74) is 1.64. The molecule has 2 aromatic rings. The van der Waals surface area contributed by atoms with Crippen LogP contribution in [-0.4, -0.2) is 57.7 Å². The summed E-state index contributed by atoms with van der Waals surface area (Å²) in [7, 11) is -4.16. The molecule has 2 aliphatic rings. The van der Waals surface area contributed by atoms with Crippen LogP contribution in [-0.2, 0) is 33.5 Å². The number of nitrogens with zero attached hydrogens (tertiary/aromatic N) is 4. The molecular weight excluding hydrogens is 506 g/mol. The average molecular weight is 539 g/mol. The van der Waals surface area contributed by atoms with E-state index in [0.29, 0.717) is 5.52 Å². The number of fused-ring (bicyclic) bond motifs is 2. The summed E-state index contributed by atoms with van der Waals surface area (Å²) >= 11 is 0. The number of hydrogen-bond acceptors (Lipinski definition) is 10.